The summed E-state index contributed by atoms with van der Waals surface area (Å²) in [6.45, 7) is 6.83. The smallest absolute Gasteiger partial charge is 0.277 e. The molecular weight excluding hydrogens is 360 g/mol. The van der Waals surface area contributed by atoms with Crippen molar-refractivity contribution in [3.8, 4) is 0 Å². The summed E-state index contributed by atoms with van der Waals surface area (Å²) < 4.78 is 1.25. The van der Waals surface area contributed by atoms with Gasteiger partial charge in [0.05, 0.1) is 29.2 Å². The number of benzene rings is 1. The Labute approximate surface area is 163 Å². The molecule has 3 heterocycles. The van der Waals surface area contributed by atoms with Gasteiger partial charge < -0.3 is 14.7 Å². The molecular formula is C20H27N4O2S+. The SMILES string of the molecule is CC(=O)N1CCN(C(=O)C[NH+]2CCC[C@@H](c3nc4ccccc4s3)C2)CC1. The molecule has 7 heteroatoms. The lowest BCUT2D eigenvalue weighted by Gasteiger charge is -2.35. The maximum atomic E-state index is 12.7. The highest BCUT2D eigenvalue weighted by Crippen LogP contribution is 2.30. The number of piperidine rings is 1. The van der Waals surface area contributed by atoms with Gasteiger partial charge in [0.1, 0.15) is 5.01 Å². The molecule has 6 nitrogen and oxygen atoms in total. The highest BCUT2D eigenvalue weighted by atomic mass is 32.1. The zero-order valence-corrected chi connectivity index (χ0v) is 16.6. The second-order valence-electron chi connectivity index (χ2n) is 7.63. The maximum Gasteiger partial charge on any atom is 0.277 e. The number of fused-ring (bicyclic) bond motifs is 1. The van der Waals surface area contributed by atoms with Crippen LogP contribution in [-0.4, -0.2) is 72.4 Å². The van der Waals surface area contributed by atoms with Gasteiger partial charge in [-0.25, -0.2) is 4.98 Å². The van der Waals surface area contributed by atoms with E-state index in [0.29, 0.717) is 38.6 Å². The van der Waals surface area contributed by atoms with Crippen molar-refractivity contribution in [3.63, 3.8) is 0 Å². The van der Waals surface area contributed by atoms with Crippen molar-refractivity contribution in [3.05, 3.63) is 29.3 Å². The number of likely N-dealkylation sites (tertiary alicyclic amines) is 1. The number of carbonyl (C=O) groups excluding carboxylic acids is 2. The van der Waals surface area contributed by atoms with Gasteiger partial charge in [-0.15, -0.1) is 11.3 Å². The summed E-state index contributed by atoms with van der Waals surface area (Å²) in [7, 11) is 0. The quantitative estimate of drug-likeness (QED) is 0.846. The summed E-state index contributed by atoms with van der Waals surface area (Å²) >= 11 is 1.80. The van der Waals surface area contributed by atoms with Gasteiger partial charge in [-0.1, -0.05) is 12.1 Å². The van der Waals surface area contributed by atoms with Crippen LogP contribution in [0.4, 0.5) is 0 Å². The lowest BCUT2D eigenvalue weighted by Crippen LogP contribution is -3.14. The molecule has 2 aromatic rings. The van der Waals surface area contributed by atoms with Crippen molar-refractivity contribution in [2.24, 2.45) is 0 Å². The van der Waals surface area contributed by atoms with Crippen LogP contribution in [-0.2, 0) is 9.59 Å². The molecule has 4 rings (SSSR count). The van der Waals surface area contributed by atoms with E-state index in [-0.39, 0.29) is 11.8 Å². The summed E-state index contributed by atoms with van der Waals surface area (Å²) in [4.78, 5) is 34.1. The minimum atomic E-state index is 0.0995. The first kappa shape index (κ1) is 18.4. The standard InChI is InChI=1S/C20H26N4O2S/c1-15(25)23-9-11-24(12-10-23)19(26)14-22-8-4-5-16(13-22)20-21-17-6-2-3-7-18(17)27-20/h2-3,6-7,16H,4-5,8-14H2,1H3/p+1/t16-/m1/s1. The maximum absolute atomic E-state index is 12.7. The van der Waals surface area contributed by atoms with E-state index < -0.39 is 0 Å². The Balaban J connectivity index is 1.34. The Bertz CT molecular complexity index is 795. The average Bonchev–Trinajstić information content (AvgIpc) is 3.12. The molecule has 27 heavy (non-hydrogen) atoms. The fraction of sp³-hybridized carbons (Fsp3) is 0.550. The summed E-state index contributed by atoms with van der Waals surface area (Å²) in [6, 6.07) is 8.31. The Kier molecular flexibility index (Phi) is 5.41. The minimum absolute atomic E-state index is 0.0995. The second-order valence-corrected chi connectivity index (χ2v) is 8.69. The van der Waals surface area contributed by atoms with E-state index in [9.17, 15) is 9.59 Å². The van der Waals surface area contributed by atoms with Crippen LogP contribution in [0.3, 0.4) is 0 Å². The zero-order valence-electron chi connectivity index (χ0n) is 15.8. The Morgan fingerprint density at radius 2 is 1.93 bits per heavy atom. The van der Waals surface area contributed by atoms with Crippen molar-refractivity contribution in [2.75, 3.05) is 45.8 Å². The van der Waals surface area contributed by atoms with E-state index in [4.69, 9.17) is 4.98 Å². The molecule has 2 atom stereocenters. The number of carbonyl (C=O) groups is 2. The van der Waals surface area contributed by atoms with Crippen molar-refractivity contribution < 1.29 is 14.5 Å². The van der Waals surface area contributed by atoms with Crippen LogP contribution in [0.2, 0.25) is 0 Å². The third kappa shape index (κ3) is 4.14. The van der Waals surface area contributed by atoms with E-state index in [1.165, 1.54) is 14.6 Å². The topological polar surface area (TPSA) is 58.0 Å². The number of hydrogen-bond acceptors (Lipinski definition) is 4. The van der Waals surface area contributed by atoms with E-state index in [0.717, 1.165) is 31.4 Å². The minimum Gasteiger partial charge on any atom is -0.339 e. The number of rotatable bonds is 3. The van der Waals surface area contributed by atoms with Gasteiger partial charge in [-0.2, -0.15) is 0 Å². The lowest BCUT2D eigenvalue weighted by atomic mass is 9.98. The second kappa shape index (κ2) is 7.94. The number of para-hydroxylation sites is 1. The molecule has 2 saturated heterocycles. The molecule has 2 fully saturated rings. The fourth-order valence-corrected chi connectivity index (χ4v) is 5.29. The van der Waals surface area contributed by atoms with Crippen LogP contribution >= 0.6 is 11.3 Å². The summed E-state index contributed by atoms with van der Waals surface area (Å²) in [5.74, 6) is 0.772. The first-order valence-electron chi connectivity index (χ1n) is 9.82. The van der Waals surface area contributed by atoms with Gasteiger partial charge >= 0.3 is 0 Å². The summed E-state index contributed by atoms with van der Waals surface area (Å²) in [5.41, 5.74) is 1.09. The van der Waals surface area contributed by atoms with Crippen molar-refractivity contribution in [1.29, 1.82) is 0 Å². The number of quaternary nitrogens is 1. The number of piperazine rings is 1. The average molecular weight is 388 g/mol. The molecule has 1 unspecified atom stereocenters. The van der Waals surface area contributed by atoms with E-state index in [1.807, 2.05) is 15.9 Å². The van der Waals surface area contributed by atoms with Gasteiger partial charge in [0.15, 0.2) is 6.54 Å². The molecule has 0 aliphatic carbocycles. The third-order valence-electron chi connectivity index (χ3n) is 5.76. The number of nitrogens with one attached hydrogen (secondary N) is 1. The molecule has 2 aliphatic heterocycles. The van der Waals surface area contributed by atoms with Crippen LogP contribution in [0.15, 0.2) is 24.3 Å². The third-order valence-corrected chi connectivity index (χ3v) is 6.96. The molecule has 0 radical (unpaired) electrons. The van der Waals surface area contributed by atoms with E-state index in [1.54, 1.807) is 18.3 Å². The normalized spacial score (nSPS) is 23.6. The number of amides is 2. The summed E-state index contributed by atoms with van der Waals surface area (Å²) in [6.07, 6.45) is 2.30. The molecule has 2 amide bonds. The molecule has 0 bridgehead atoms. The lowest BCUT2D eigenvalue weighted by molar-refractivity contribution is -0.898. The largest absolute Gasteiger partial charge is 0.339 e. The molecule has 2 aliphatic rings. The monoisotopic (exact) mass is 387 g/mol. The molecule has 0 saturated carbocycles. The van der Waals surface area contributed by atoms with Gasteiger partial charge in [0.2, 0.25) is 5.91 Å². The van der Waals surface area contributed by atoms with Crippen molar-refractivity contribution in [1.82, 2.24) is 14.8 Å². The van der Waals surface area contributed by atoms with Crippen molar-refractivity contribution in [2.45, 2.75) is 25.7 Å². The number of hydrogen-bond donors (Lipinski definition) is 1. The van der Waals surface area contributed by atoms with Crippen LogP contribution in [0.5, 0.6) is 0 Å². The number of aromatic nitrogens is 1. The first-order chi connectivity index (χ1) is 13.1. The zero-order chi connectivity index (χ0) is 18.8. The fourth-order valence-electron chi connectivity index (χ4n) is 4.18. The van der Waals surface area contributed by atoms with Crippen molar-refractivity contribution >= 4 is 33.4 Å². The van der Waals surface area contributed by atoms with Crippen LogP contribution in [0.1, 0.15) is 30.7 Å². The van der Waals surface area contributed by atoms with Gasteiger partial charge in [0, 0.05) is 33.1 Å². The van der Waals surface area contributed by atoms with Crippen LogP contribution in [0, 0.1) is 0 Å². The van der Waals surface area contributed by atoms with Gasteiger partial charge in [0.25, 0.3) is 5.91 Å². The molecule has 0 spiro atoms. The predicted molar refractivity (Wildman–Crippen MR) is 106 cm³/mol. The van der Waals surface area contributed by atoms with E-state index >= 15 is 0 Å². The van der Waals surface area contributed by atoms with E-state index in [2.05, 4.69) is 18.2 Å². The Morgan fingerprint density at radius 1 is 1.19 bits per heavy atom. The highest BCUT2D eigenvalue weighted by molar-refractivity contribution is 7.18. The molecule has 1 N–H and O–H groups in total. The predicted octanol–water partition coefficient (Wildman–Crippen LogP) is 0.749. The van der Waals surface area contributed by atoms with Crippen LogP contribution < -0.4 is 4.90 Å². The number of nitrogens with zero attached hydrogens (tertiary/aromatic N) is 3. The first-order valence-corrected chi connectivity index (χ1v) is 10.6. The van der Waals surface area contributed by atoms with Gasteiger partial charge in [-0.05, 0) is 25.0 Å². The highest BCUT2D eigenvalue weighted by Gasteiger charge is 2.30. The van der Waals surface area contributed by atoms with Gasteiger partial charge in [-0.3, -0.25) is 9.59 Å². The molecule has 1 aromatic heterocycles. The molecule has 144 valence electrons. The summed E-state index contributed by atoms with van der Waals surface area (Å²) in [5, 5.41) is 1.22. The Hall–Kier alpha value is -1.99. The Morgan fingerprint density at radius 3 is 2.67 bits per heavy atom. The van der Waals surface area contributed by atoms with Crippen LogP contribution in [0.25, 0.3) is 10.2 Å². The number of thiazole rings is 1. The molecule has 1 aromatic carbocycles.